The molecule has 0 spiro atoms. The minimum Gasteiger partial charge on any atom is -0.353 e. The Morgan fingerprint density at radius 3 is 2.52 bits per heavy atom. The largest absolute Gasteiger partial charge is 0.416 e. The molecule has 1 saturated carbocycles. The molecule has 1 aromatic rings. The average Bonchev–Trinajstić information content (AvgIpc) is 3.18. The standard InChI is InChI=1S/C22H31F3N2O3S/c1-2-3-6-16-7-4-10-20(16)26-21(28)17-11-13-27(14-12-17)31(29,30)19-9-5-8-18(15-19)22(23,24)25/h5,8-9,15-17,20H,2-4,6-7,10-14H2,1H3,(H,26,28). The molecule has 1 aliphatic heterocycles. The third kappa shape index (κ3) is 5.80. The van der Waals surface area contributed by atoms with Gasteiger partial charge in [0.2, 0.25) is 15.9 Å². The van der Waals surface area contributed by atoms with Gasteiger partial charge in [-0.05, 0) is 56.2 Å². The molecule has 1 aromatic carbocycles. The van der Waals surface area contributed by atoms with Crippen molar-refractivity contribution in [3.8, 4) is 0 Å². The van der Waals surface area contributed by atoms with Crippen LogP contribution in [0.15, 0.2) is 29.2 Å². The highest BCUT2D eigenvalue weighted by Crippen LogP contribution is 2.33. The number of hydrogen-bond acceptors (Lipinski definition) is 3. The maximum absolute atomic E-state index is 12.9. The minimum atomic E-state index is -4.61. The molecule has 0 bridgehead atoms. The second-order valence-electron chi connectivity index (χ2n) is 8.65. The number of benzene rings is 1. The summed E-state index contributed by atoms with van der Waals surface area (Å²) in [7, 11) is -4.03. The molecule has 2 unspecified atom stereocenters. The van der Waals surface area contributed by atoms with E-state index in [2.05, 4.69) is 12.2 Å². The van der Waals surface area contributed by atoms with E-state index in [0.717, 1.165) is 50.7 Å². The third-order valence-corrected chi connectivity index (χ3v) is 8.43. The lowest BCUT2D eigenvalue weighted by atomic mass is 9.94. The van der Waals surface area contributed by atoms with Crippen LogP contribution in [0.3, 0.4) is 0 Å². The maximum Gasteiger partial charge on any atom is 0.416 e. The number of nitrogens with zero attached hydrogens (tertiary/aromatic N) is 1. The van der Waals surface area contributed by atoms with Crippen molar-refractivity contribution < 1.29 is 26.4 Å². The van der Waals surface area contributed by atoms with Gasteiger partial charge < -0.3 is 5.32 Å². The van der Waals surface area contributed by atoms with Crippen molar-refractivity contribution in [3.05, 3.63) is 29.8 Å². The number of piperidine rings is 1. The maximum atomic E-state index is 12.9. The summed E-state index contributed by atoms with van der Waals surface area (Å²) in [6.07, 6.45) is 2.79. The van der Waals surface area contributed by atoms with E-state index in [9.17, 15) is 26.4 Å². The molecule has 1 N–H and O–H groups in total. The fourth-order valence-corrected chi connectivity index (χ4v) is 6.20. The number of sulfonamides is 1. The first-order valence-electron chi connectivity index (χ1n) is 11.1. The predicted molar refractivity (Wildman–Crippen MR) is 112 cm³/mol. The third-order valence-electron chi connectivity index (χ3n) is 6.54. The number of amides is 1. The SMILES string of the molecule is CCCCC1CCCC1NC(=O)C1CCN(S(=O)(=O)c2cccc(C(F)(F)F)c2)CC1. The van der Waals surface area contributed by atoms with Crippen LogP contribution in [-0.4, -0.2) is 37.8 Å². The number of carbonyl (C=O) groups is 1. The van der Waals surface area contributed by atoms with E-state index in [4.69, 9.17) is 0 Å². The number of nitrogens with one attached hydrogen (secondary N) is 1. The van der Waals surface area contributed by atoms with Crippen LogP contribution < -0.4 is 5.32 Å². The number of unbranched alkanes of at least 4 members (excludes halogenated alkanes) is 1. The predicted octanol–water partition coefficient (Wildman–Crippen LogP) is 4.58. The van der Waals surface area contributed by atoms with Crippen molar-refractivity contribution in [2.45, 2.75) is 75.4 Å². The first kappa shape index (κ1) is 24.0. The van der Waals surface area contributed by atoms with Gasteiger partial charge in [0, 0.05) is 25.0 Å². The molecule has 2 atom stereocenters. The highest BCUT2D eigenvalue weighted by Gasteiger charge is 2.36. The van der Waals surface area contributed by atoms with Crippen molar-refractivity contribution >= 4 is 15.9 Å². The molecule has 3 rings (SSSR count). The topological polar surface area (TPSA) is 66.5 Å². The molecule has 9 heteroatoms. The fraction of sp³-hybridized carbons (Fsp3) is 0.682. The second kappa shape index (κ2) is 9.90. The molecule has 0 aromatic heterocycles. The molecule has 2 fully saturated rings. The first-order valence-corrected chi connectivity index (χ1v) is 12.5. The van der Waals surface area contributed by atoms with Crippen molar-refractivity contribution in [1.29, 1.82) is 0 Å². The number of alkyl halides is 3. The van der Waals surface area contributed by atoms with Crippen molar-refractivity contribution in [3.63, 3.8) is 0 Å². The Labute approximate surface area is 182 Å². The van der Waals surface area contributed by atoms with Crippen LogP contribution in [0.5, 0.6) is 0 Å². The summed E-state index contributed by atoms with van der Waals surface area (Å²) in [6, 6.07) is 4.01. The van der Waals surface area contributed by atoms with Crippen LogP contribution in [0.25, 0.3) is 0 Å². The van der Waals surface area contributed by atoms with Crippen LogP contribution >= 0.6 is 0 Å². The lowest BCUT2D eigenvalue weighted by molar-refractivity contribution is -0.137. The zero-order chi connectivity index (χ0) is 22.6. The number of carbonyl (C=O) groups excluding carboxylic acids is 1. The fourth-order valence-electron chi connectivity index (χ4n) is 4.68. The monoisotopic (exact) mass is 460 g/mol. The van der Waals surface area contributed by atoms with E-state index in [1.54, 1.807) is 0 Å². The molecule has 1 amide bonds. The van der Waals surface area contributed by atoms with E-state index in [1.165, 1.54) is 10.4 Å². The summed E-state index contributed by atoms with van der Waals surface area (Å²) in [6.45, 7) is 2.41. The Morgan fingerprint density at radius 1 is 1.16 bits per heavy atom. The Morgan fingerprint density at radius 2 is 1.87 bits per heavy atom. The zero-order valence-electron chi connectivity index (χ0n) is 17.8. The first-order chi connectivity index (χ1) is 14.6. The van der Waals surface area contributed by atoms with Gasteiger partial charge >= 0.3 is 6.18 Å². The van der Waals surface area contributed by atoms with E-state index in [1.807, 2.05) is 0 Å². The van der Waals surface area contributed by atoms with Gasteiger partial charge in [-0.25, -0.2) is 8.42 Å². The minimum absolute atomic E-state index is 0.0236. The Hall–Kier alpha value is -1.61. The average molecular weight is 461 g/mol. The highest BCUT2D eigenvalue weighted by molar-refractivity contribution is 7.89. The van der Waals surface area contributed by atoms with Crippen LogP contribution in [-0.2, 0) is 21.0 Å². The van der Waals surface area contributed by atoms with Gasteiger partial charge in [-0.3, -0.25) is 4.79 Å². The zero-order valence-corrected chi connectivity index (χ0v) is 18.6. The Bertz CT molecular complexity index is 865. The van der Waals surface area contributed by atoms with Gasteiger partial charge in [-0.1, -0.05) is 32.3 Å². The Kier molecular flexibility index (Phi) is 7.68. The number of rotatable bonds is 7. The molecule has 1 aliphatic carbocycles. The Balaban J connectivity index is 1.58. The molecule has 1 heterocycles. The van der Waals surface area contributed by atoms with Crippen molar-refractivity contribution in [2.75, 3.05) is 13.1 Å². The van der Waals surface area contributed by atoms with Gasteiger partial charge in [0.1, 0.15) is 0 Å². The summed E-state index contributed by atoms with van der Waals surface area (Å²) in [5, 5.41) is 3.19. The van der Waals surface area contributed by atoms with Crippen LogP contribution in [0.2, 0.25) is 0 Å². The van der Waals surface area contributed by atoms with Crippen LogP contribution in [0, 0.1) is 11.8 Å². The molecule has 5 nitrogen and oxygen atoms in total. The lowest BCUT2D eigenvalue weighted by Gasteiger charge is -2.32. The van der Waals surface area contributed by atoms with Gasteiger partial charge in [0.15, 0.2) is 0 Å². The highest BCUT2D eigenvalue weighted by atomic mass is 32.2. The quantitative estimate of drug-likeness (QED) is 0.648. The smallest absolute Gasteiger partial charge is 0.353 e. The van der Waals surface area contributed by atoms with E-state index in [-0.39, 0.29) is 35.9 Å². The molecule has 31 heavy (non-hydrogen) atoms. The summed E-state index contributed by atoms with van der Waals surface area (Å²) in [4.78, 5) is 12.4. The van der Waals surface area contributed by atoms with Crippen molar-refractivity contribution in [2.24, 2.45) is 11.8 Å². The van der Waals surface area contributed by atoms with Gasteiger partial charge in [-0.2, -0.15) is 17.5 Å². The molecule has 1 saturated heterocycles. The molecule has 0 radical (unpaired) electrons. The van der Waals surface area contributed by atoms with Crippen LogP contribution in [0.1, 0.15) is 63.9 Å². The summed E-state index contributed by atoms with van der Waals surface area (Å²) >= 11 is 0. The van der Waals surface area contributed by atoms with Crippen molar-refractivity contribution in [1.82, 2.24) is 9.62 Å². The molecular formula is C22H31F3N2O3S. The normalized spacial score (nSPS) is 23.7. The van der Waals surface area contributed by atoms with E-state index in [0.29, 0.717) is 24.8 Å². The summed E-state index contributed by atoms with van der Waals surface area (Å²) < 4.78 is 65.7. The van der Waals surface area contributed by atoms with E-state index < -0.39 is 21.8 Å². The lowest BCUT2D eigenvalue weighted by Crippen LogP contribution is -2.46. The summed E-state index contributed by atoms with van der Waals surface area (Å²) in [5.74, 6) is 0.232. The molecule has 2 aliphatic rings. The van der Waals surface area contributed by atoms with Crippen LogP contribution in [0.4, 0.5) is 13.2 Å². The summed E-state index contributed by atoms with van der Waals surface area (Å²) in [5.41, 5.74) is -0.989. The van der Waals surface area contributed by atoms with E-state index >= 15 is 0 Å². The van der Waals surface area contributed by atoms with Gasteiger partial charge in [0.25, 0.3) is 0 Å². The van der Waals surface area contributed by atoms with Gasteiger partial charge in [0.05, 0.1) is 10.5 Å². The number of halogens is 3. The number of hydrogen-bond donors (Lipinski definition) is 1. The van der Waals surface area contributed by atoms with Gasteiger partial charge in [-0.15, -0.1) is 0 Å². The molecule has 174 valence electrons. The molecular weight excluding hydrogens is 429 g/mol. The second-order valence-corrected chi connectivity index (χ2v) is 10.6.